The highest BCUT2D eigenvalue weighted by atomic mass is 19.1. The normalized spacial score (nSPS) is 17.9. The maximum atomic E-state index is 13.5. The van der Waals surface area contributed by atoms with Crippen LogP contribution in [0, 0.1) is 12.7 Å². The first-order chi connectivity index (χ1) is 13.1. The molecule has 0 aliphatic carbocycles. The maximum absolute atomic E-state index is 13.5. The predicted octanol–water partition coefficient (Wildman–Crippen LogP) is 2.78. The Bertz CT molecular complexity index is 810. The molecule has 0 bridgehead atoms. The first-order valence-electron chi connectivity index (χ1n) is 9.13. The van der Waals surface area contributed by atoms with Gasteiger partial charge in [0.1, 0.15) is 11.9 Å². The molecule has 1 saturated heterocycles. The highest BCUT2D eigenvalue weighted by Crippen LogP contribution is 2.25. The molecule has 6 heteroatoms. The predicted molar refractivity (Wildman–Crippen MR) is 104 cm³/mol. The first kappa shape index (κ1) is 19.3. The van der Waals surface area contributed by atoms with Crippen molar-refractivity contribution in [1.82, 2.24) is 10.2 Å². The van der Waals surface area contributed by atoms with Crippen LogP contribution >= 0.6 is 0 Å². The summed E-state index contributed by atoms with van der Waals surface area (Å²) in [7, 11) is 1.75. The Morgan fingerprint density at radius 2 is 2.15 bits per heavy atom. The number of aliphatic hydroxyl groups is 1. The van der Waals surface area contributed by atoms with Crippen LogP contribution in [0.25, 0.3) is 0 Å². The van der Waals surface area contributed by atoms with E-state index in [1.165, 1.54) is 17.2 Å². The third-order valence-electron chi connectivity index (χ3n) is 4.84. The molecule has 1 aliphatic heterocycles. The van der Waals surface area contributed by atoms with E-state index < -0.39 is 0 Å². The zero-order valence-corrected chi connectivity index (χ0v) is 15.8. The Hall–Kier alpha value is -2.44. The van der Waals surface area contributed by atoms with E-state index in [0.717, 1.165) is 24.6 Å². The van der Waals surface area contributed by atoms with Gasteiger partial charge in [-0.15, -0.1) is 0 Å². The van der Waals surface area contributed by atoms with Gasteiger partial charge in [0.2, 0.25) is 0 Å². The third kappa shape index (κ3) is 4.64. The lowest BCUT2D eigenvalue weighted by molar-refractivity contribution is -0.00834. The van der Waals surface area contributed by atoms with Crippen molar-refractivity contribution in [3.8, 4) is 0 Å². The summed E-state index contributed by atoms with van der Waals surface area (Å²) in [5, 5.41) is 12.6. The number of hydrogen-bond acceptors (Lipinski definition) is 3. The summed E-state index contributed by atoms with van der Waals surface area (Å²) in [4.78, 5) is 6.57. The topological polar surface area (TPSA) is 57.1 Å². The van der Waals surface area contributed by atoms with Crippen LogP contribution < -0.4 is 5.32 Å². The molecule has 0 spiro atoms. The van der Waals surface area contributed by atoms with Crippen molar-refractivity contribution in [2.75, 3.05) is 26.7 Å². The average Bonchev–Trinajstić information content (AvgIpc) is 2.70. The Morgan fingerprint density at radius 1 is 1.33 bits per heavy atom. The Morgan fingerprint density at radius 3 is 2.89 bits per heavy atom. The molecule has 1 aliphatic rings. The molecule has 2 N–H and O–H groups in total. The van der Waals surface area contributed by atoms with Gasteiger partial charge in [0.25, 0.3) is 0 Å². The van der Waals surface area contributed by atoms with Crippen molar-refractivity contribution in [2.45, 2.75) is 26.2 Å². The monoisotopic (exact) mass is 371 g/mol. The number of aliphatic hydroxyl groups excluding tert-OH is 1. The highest BCUT2D eigenvalue weighted by Gasteiger charge is 2.25. The molecule has 1 fully saturated rings. The van der Waals surface area contributed by atoms with Gasteiger partial charge in [0.05, 0.1) is 19.8 Å². The van der Waals surface area contributed by atoms with Gasteiger partial charge < -0.3 is 20.1 Å². The third-order valence-corrected chi connectivity index (χ3v) is 4.84. The van der Waals surface area contributed by atoms with Crippen molar-refractivity contribution in [1.29, 1.82) is 0 Å². The molecule has 0 aromatic heterocycles. The molecule has 2 aromatic carbocycles. The van der Waals surface area contributed by atoms with Crippen LogP contribution in [0.15, 0.2) is 47.5 Å². The number of halogens is 1. The summed E-state index contributed by atoms with van der Waals surface area (Å²) in [6.07, 6.45) is 0.00492. The summed E-state index contributed by atoms with van der Waals surface area (Å²) in [6, 6.07) is 13.0. The zero-order valence-electron chi connectivity index (χ0n) is 15.8. The number of aliphatic imine (C=N–C) groups is 1. The molecule has 1 unspecified atom stereocenters. The van der Waals surface area contributed by atoms with Crippen LogP contribution in [-0.4, -0.2) is 42.7 Å². The minimum atomic E-state index is -0.389. The molecule has 5 nitrogen and oxygen atoms in total. The summed E-state index contributed by atoms with van der Waals surface area (Å²) in [5.74, 6) is 0.395. The van der Waals surface area contributed by atoms with E-state index in [0.29, 0.717) is 18.7 Å². The van der Waals surface area contributed by atoms with Crippen LogP contribution in [0.3, 0.4) is 0 Å². The fourth-order valence-electron chi connectivity index (χ4n) is 3.35. The van der Waals surface area contributed by atoms with Crippen LogP contribution in [0.4, 0.5) is 4.39 Å². The molecule has 2 aromatic rings. The van der Waals surface area contributed by atoms with Gasteiger partial charge in [0.15, 0.2) is 5.96 Å². The van der Waals surface area contributed by atoms with Gasteiger partial charge in [-0.1, -0.05) is 30.3 Å². The van der Waals surface area contributed by atoms with Crippen molar-refractivity contribution < 1.29 is 14.2 Å². The number of guanidine groups is 1. The molecular formula is C21H26FN3O2. The molecule has 27 heavy (non-hydrogen) atoms. The zero-order chi connectivity index (χ0) is 19.2. The largest absolute Gasteiger partial charge is 0.392 e. The molecule has 3 rings (SSSR count). The standard InChI is InChI=1S/C21H26FN3O2/c1-15-5-3-4-6-18(15)20-13-25(9-10-27-20)21(23-2)24-12-16-7-8-19(22)17(11-16)14-26/h3-8,11,20,26H,9-10,12-14H2,1-2H3,(H,23,24). The van der Waals surface area contributed by atoms with Gasteiger partial charge in [0, 0.05) is 25.7 Å². The van der Waals surface area contributed by atoms with Crippen molar-refractivity contribution in [3.63, 3.8) is 0 Å². The smallest absolute Gasteiger partial charge is 0.194 e. The molecule has 1 heterocycles. The lowest BCUT2D eigenvalue weighted by Gasteiger charge is -2.35. The number of benzene rings is 2. The van der Waals surface area contributed by atoms with E-state index in [1.807, 2.05) is 12.1 Å². The molecular weight excluding hydrogens is 345 g/mol. The number of morpholine rings is 1. The van der Waals surface area contributed by atoms with Crippen molar-refractivity contribution in [2.24, 2.45) is 4.99 Å². The number of nitrogens with one attached hydrogen (secondary N) is 1. The van der Waals surface area contributed by atoms with Crippen LogP contribution in [0.2, 0.25) is 0 Å². The lowest BCUT2D eigenvalue weighted by atomic mass is 10.0. The Balaban J connectivity index is 1.66. The van der Waals surface area contributed by atoms with Crippen LogP contribution in [-0.2, 0) is 17.9 Å². The van der Waals surface area contributed by atoms with E-state index in [9.17, 15) is 9.50 Å². The first-order valence-corrected chi connectivity index (χ1v) is 9.13. The number of rotatable bonds is 4. The summed E-state index contributed by atoms with van der Waals surface area (Å²) in [5.41, 5.74) is 3.61. The molecule has 0 amide bonds. The maximum Gasteiger partial charge on any atom is 0.194 e. The number of nitrogens with zero attached hydrogens (tertiary/aromatic N) is 2. The van der Waals surface area contributed by atoms with E-state index in [-0.39, 0.29) is 18.5 Å². The molecule has 1 atom stereocenters. The number of ether oxygens (including phenoxy) is 1. The van der Waals surface area contributed by atoms with Crippen molar-refractivity contribution in [3.05, 3.63) is 70.5 Å². The SMILES string of the molecule is CN=C(NCc1ccc(F)c(CO)c1)N1CCOC(c2ccccc2C)C1. The minimum Gasteiger partial charge on any atom is -0.392 e. The average molecular weight is 371 g/mol. The van der Waals surface area contributed by atoms with E-state index in [2.05, 4.69) is 34.3 Å². The summed E-state index contributed by atoms with van der Waals surface area (Å²) >= 11 is 0. The van der Waals surface area contributed by atoms with Crippen LogP contribution in [0.5, 0.6) is 0 Å². The highest BCUT2D eigenvalue weighted by molar-refractivity contribution is 5.80. The van der Waals surface area contributed by atoms with Crippen LogP contribution in [0.1, 0.15) is 28.4 Å². The molecule has 144 valence electrons. The second-order valence-corrected chi connectivity index (χ2v) is 6.65. The fourth-order valence-corrected chi connectivity index (χ4v) is 3.35. The molecule has 0 radical (unpaired) electrons. The van der Waals surface area contributed by atoms with Gasteiger partial charge in [-0.3, -0.25) is 4.99 Å². The lowest BCUT2D eigenvalue weighted by Crippen LogP contribution is -2.48. The number of hydrogen-bond donors (Lipinski definition) is 2. The molecule has 0 saturated carbocycles. The minimum absolute atomic E-state index is 0.00492. The Labute approximate surface area is 159 Å². The quantitative estimate of drug-likeness (QED) is 0.641. The van der Waals surface area contributed by atoms with Crippen molar-refractivity contribution >= 4 is 5.96 Å². The van der Waals surface area contributed by atoms with Gasteiger partial charge in [-0.2, -0.15) is 0 Å². The van der Waals surface area contributed by atoms with E-state index in [1.54, 1.807) is 19.2 Å². The fraction of sp³-hybridized carbons (Fsp3) is 0.381. The van der Waals surface area contributed by atoms with Gasteiger partial charge in [-0.05, 0) is 35.7 Å². The van der Waals surface area contributed by atoms with E-state index in [4.69, 9.17) is 4.74 Å². The second-order valence-electron chi connectivity index (χ2n) is 6.65. The summed E-state index contributed by atoms with van der Waals surface area (Å²) in [6.45, 7) is 4.40. The van der Waals surface area contributed by atoms with Gasteiger partial charge in [-0.25, -0.2) is 4.39 Å². The number of aryl methyl sites for hydroxylation is 1. The Kier molecular flexibility index (Phi) is 6.42. The van der Waals surface area contributed by atoms with Gasteiger partial charge >= 0.3 is 0 Å². The van der Waals surface area contributed by atoms with E-state index >= 15 is 0 Å². The summed E-state index contributed by atoms with van der Waals surface area (Å²) < 4.78 is 19.5. The second kappa shape index (κ2) is 8.97.